The third kappa shape index (κ3) is 2.02. The van der Waals surface area contributed by atoms with Crippen molar-refractivity contribution in [3.05, 3.63) is 41.6 Å². The summed E-state index contributed by atoms with van der Waals surface area (Å²) in [7, 11) is 0. The van der Waals surface area contributed by atoms with E-state index in [9.17, 15) is 4.79 Å². The molecule has 0 saturated heterocycles. The Labute approximate surface area is 119 Å². The van der Waals surface area contributed by atoms with Crippen LogP contribution in [0.3, 0.4) is 0 Å². The van der Waals surface area contributed by atoms with Crippen molar-refractivity contribution in [3.63, 3.8) is 0 Å². The fourth-order valence-electron chi connectivity index (χ4n) is 3.17. The molecule has 3 rings (SSSR count). The van der Waals surface area contributed by atoms with Crippen LogP contribution < -0.4 is 5.73 Å². The zero-order valence-corrected chi connectivity index (χ0v) is 12.0. The van der Waals surface area contributed by atoms with Gasteiger partial charge in [-0.25, -0.2) is 0 Å². The van der Waals surface area contributed by atoms with Crippen molar-refractivity contribution in [1.29, 1.82) is 0 Å². The lowest BCUT2D eigenvalue weighted by Crippen LogP contribution is -2.41. The Kier molecular flexibility index (Phi) is 3.09. The lowest BCUT2D eigenvalue weighted by Gasteiger charge is -2.27. The fraction of sp³-hybridized carbons (Fsp3) is 0.412. The Bertz CT molecular complexity index is 680. The molecule has 0 aliphatic heterocycles. The first-order valence-corrected chi connectivity index (χ1v) is 7.18. The zero-order valence-electron chi connectivity index (χ0n) is 12.0. The molecule has 1 heterocycles. The highest BCUT2D eigenvalue weighted by Gasteiger charge is 2.43. The summed E-state index contributed by atoms with van der Waals surface area (Å²) in [5.41, 5.74) is 8.41. The number of benzene rings is 1. The predicted molar refractivity (Wildman–Crippen MR) is 80.7 cm³/mol. The molecule has 2 unspecified atom stereocenters. The van der Waals surface area contributed by atoms with E-state index in [2.05, 4.69) is 4.98 Å². The zero-order chi connectivity index (χ0) is 14.3. The molecular formula is C17H20N2O. The Morgan fingerprint density at radius 2 is 2.15 bits per heavy atom. The van der Waals surface area contributed by atoms with Gasteiger partial charge in [0.05, 0.1) is 5.52 Å². The number of aromatic nitrogens is 1. The second-order valence-electron chi connectivity index (χ2n) is 6.11. The number of fused-ring (bicyclic) bond motifs is 1. The van der Waals surface area contributed by atoms with Crippen LogP contribution in [0.2, 0.25) is 0 Å². The smallest absolute Gasteiger partial charge is 0.170 e. The van der Waals surface area contributed by atoms with Gasteiger partial charge >= 0.3 is 0 Å². The molecule has 1 saturated carbocycles. The lowest BCUT2D eigenvalue weighted by atomic mass is 9.78. The van der Waals surface area contributed by atoms with Crippen molar-refractivity contribution in [2.45, 2.75) is 39.2 Å². The van der Waals surface area contributed by atoms with Gasteiger partial charge in [-0.05, 0) is 44.0 Å². The van der Waals surface area contributed by atoms with Crippen molar-refractivity contribution in [1.82, 2.24) is 4.98 Å². The van der Waals surface area contributed by atoms with Gasteiger partial charge in [-0.1, -0.05) is 19.4 Å². The third-order valence-electron chi connectivity index (χ3n) is 4.64. The van der Waals surface area contributed by atoms with Gasteiger partial charge in [0.25, 0.3) is 0 Å². The van der Waals surface area contributed by atoms with Crippen LogP contribution in [0.5, 0.6) is 0 Å². The molecule has 3 nitrogen and oxygen atoms in total. The van der Waals surface area contributed by atoms with E-state index in [-0.39, 0.29) is 11.8 Å². The summed E-state index contributed by atoms with van der Waals surface area (Å²) < 4.78 is 0. The van der Waals surface area contributed by atoms with Gasteiger partial charge in [-0.15, -0.1) is 0 Å². The van der Waals surface area contributed by atoms with Gasteiger partial charge < -0.3 is 5.73 Å². The minimum absolute atomic E-state index is 0.0261. The van der Waals surface area contributed by atoms with Crippen molar-refractivity contribution in [3.8, 4) is 0 Å². The summed E-state index contributed by atoms with van der Waals surface area (Å²) in [5.74, 6) is 0.171. The number of carbonyl (C=O) groups is 1. The van der Waals surface area contributed by atoms with Gasteiger partial charge in [-0.2, -0.15) is 0 Å². The standard InChI is InChI=1S/C17H20N2O/c1-11-5-6-12-10-13(7-8-14(12)19-11)16(20)17(2)9-3-4-15(17)18/h5-8,10,15H,3-4,9,18H2,1-2H3. The third-order valence-corrected chi connectivity index (χ3v) is 4.64. The Hall–Kier alpha value is -1.74. The van der Waals surface area contributed by atoms with E-state index < -0.39 is 5.41 Å². The number of hydrogen-bond donors (Lipinski definition) is 1. The van der Waals surface area contributed by atoms with E-state index in [0.29, 0.717) is 0 Å². The molecule has 0 bridgehead atoms. The van der Waals surface area contributed by atoms with Crippen molar-refractivity contribution in [2.24, 2.45) is 11.1 Å². The maximum atomic E-state index is 12.8. The maximum Gasteiger partial charge on any atom is 0.170 e. The number of rotatable bonds is 2. The molecule has 1 aromatic carbocycles. The average Bonchev–Trinajstić information content (AvgIpc) is 2.78. The van der Waals surface area contributed by atoms with E-state index in [4.69, 9.17) is 5.73 Å². The number of pyridine rings is 1. The fourth-order valence-corrected chi connectivity index (χ4v) is 3.17. The number of nitrogens with two attached hydrogens (primary N) is 1. The second kappa shape index (κ2) is 4.67. The summed E-state index contributed by atoms with van der Waals surface area (Å²) in [6, 6.07) is 9.72. The molecule has 1 fully saturated rings. The molecule has 0 amide bonds. The first-order valence-electron chi connectivity index (χ1n) is 7.18. The van der Waals surface area contributed by atoms with Gasteiger partial charge in [0.15, 0.2) is 5.78 Å². The van der Waals surface area contributed by atoms with Crippen LogP contribution in [-0.2, 0) is 0 Å². The number of aryl methyl sites for hydroxylation is 1. The van der Waals surface area contributed by atoms with Crippen LogP contribution in [0.4, 0.5) is 0 Å². The molecule has 104 valence electrons. The number of carbonyl (C=O) groups excluding carboxylic acids is 1. The highest BCUT2D eigenvalue weighted by atomic mass is 16.1. The van der Waals surface area contributed by atoms with Crippen LogP contribution in [0, 0.1) is 12.3 Å². The highest BCUT2D eigenvalue weighted by Crippen LogP contribution is 2.39. The largest absolute Gasteiger partial charge is 0.327 e. The summed E-state index contributed by atoms with van der Waals surface area (Å²) in [5, 5.41) is 1.01. The minimum Gasteiger partial charge on any atom is -0.327 e. The van der Waals surface area contributed by atoms with Crippen LogP contribution >= 0.6 is 0 Å². The van der Waals surface area contributed by atoms with Crippen LogP contribution in [0.1, 0.15) is 42.2 Å². The second-order valence-corrected chi connectivity index (χ2v) is 6.11. The molecule has 20 heavy (non-hydrogen) atoms. The van der Waals surface area contributed by atoms with Crippen LogP contribution in [0.15, 0.2) is 30.3 Å². The molecule has 2 aromatic rings. The number of ketones is 1. The molecule has 1 aliphatic rings. The predicted octanol–water partition coefficient (Wildman–Crippen LogP) is 3.24. The Morgan fingerprint density at radius 1 is 1.35 bits per heavy atom. The summed E-state index contributed by atoms with van der Waals surface area (Å²) in [6.07, 6.45) is 2.87. The first-order chi connectivity index (χ1) is 9.50. The van der Waals surface area contributed by atoms with Crippen LogP contribution in [0.25, 0.3) is 10.9 Å². The highest BCUT2D eigenvalue weighted by molar-refractivity contribution is 6.03. The topological polar surface area (TPSA) is 56.0 Å². The van der Waals surface area contributed by atoms with E-state index in [1.165, 1.54) is 0 Å². The molecule has 0 spiro atoms. The molecule has 1 aromatic heterocycles. The van der Waals surface area contributed by atoms with Crippen molar-refractivity contribution in [2.75, 3.05) is 0 Å². The average molecular weight is 268 g/mol. The Balaban J connectivity index is 2.02. The molecular weight excluding hydrogens is 248 g/mol. The molecule has 2 N–H and O–H groups in total. The van der Waals surface area contributed by atoms with Gasteiger partial charge in [0.1, 0.15) is 0 Å². The van der Waals surface area contributed by atoms with Crippen LogP contribution in [-0.4, -0.2) is 16.8 Å². The van der Waals surface area contributed by atoms with E-state index in [1.807, 2.05) is 44.2 Å². The summed E-state index contributed by atoms with van der Waals surface area (Å²) >= 11 is 0. The molecule has 3 heteroatoms. The van der Waals surface area contributed by atoms with E-state index in [0.717, 1.165) is 41.4 Å². The number of Topliss-reactive ketones (excluding diaryl/α,β-unsaturated/α-hetero) is 1. The SMILES string of the molecule is Cc1ccc2cc(C(=O)C3(C)CCCC3N)ccc2n1. The Morgan fingerprint density at radius 3 is 2.85 bits per heavy atom. The lowest BCUT2D eigenvalue weighted by molar-refractivity contribution is 0.0803. The summed E-state index contributed by atoms with van der Waals surface area (Å²) in [6.45, 7) is 3.97. The molecule has 0 radical (unpaired) electrons. The maximum absolute atomic E-state index is 12.8. The van der Waals surface area contributed by atoms with Gasteiger partial charge in [0.2, 0.25) is 0 Å². The molecule has 2 atom stereocenters. The van der Waals surface area contributed by atoms with E-state index >= 15 is 0 Å². The van der Waals surface area contributed by atoms with Gasteiger partial charge in [-0.3, -0.25) is 9.78 Å². The van der Waals surface area contributed by atoms with Crippen molar-refractivity contribution < 1.29 is 4.79 Å². The van der Waals surface area contributed by atoms with E-state index in [1.54, 1.807) is 0 Å². The quantitative estimate of drug-likeness (QED) is 0.851. The number of nitrogens with zero attached hydrogens (tertiary/aromatic N) is 1. The minimum atomic E-state index is -0.411. The summed E-state index contributed by atoms with van der Waals surface area (Å²) in [4.78, 5) is 17.3. The first kappa shape index (κ1) is 13.3. The van der Waals surface area contributed by atoms with Crippen molar-refractivity contribution >= 4 is 16.7 Å². The number of hydrogen-bond acceptors (Lipinski definition) is 3. The van der Waals surface area contributed by atoms with Gasteiger partial charge in [0, 0.05) is 28.1 Å². The molecule has 1 aliphatic carbocycles. The normalized spacial score (nSPS) is 26.1. The monoisotopic (exact) mass is 268 g/mol.